The Hall–Kier alpha value is -1.33. The molecule has 0 radical (unpaired) electrons. The van der Waals surface area contributed by atoms with Crippen LogP contribution in [0.1, 0.15) is 17.4 Å². The number of rotatable bonds is 5. The molecule has 19 heavy (non-hydrogen) atoms. The minimum Gasteiger partial charge on any atom is -0.354 e. The summed E-state index contributed by atoms with van der Waals surface area (Å²) < 4.78 is 0.816. The van der Waals surface area contributed by atoms with Crippen LogP contribution >= 0.6 is 22.9 Å². The molecule has 2 heterocycles. The first-order valence-electron chi connectivity index (χ1n) is 6.13. The molecule has 2 aromatic rings. The summed E-state index contributed by atoms with van der Waals surface area (Å²) in [7, 11) is 2.03. The van der Waals surface area contributed by atoms with Crippen molar-refractivity contribution in [2.45, 2.75) is 20.4 Å². The number of thiophene rings is 1. The van der Waals surface area contributed by atoms with E-state index in [9.17, 15) is 0 Å². The summed E-state index contributed by atoms with van der Waals surface area (Å²) in [5, 5.41) is 3.13. The van der Waals surface area contributed by atoms with Gasteiger partial charge >= 0.3 is 0 Å². The van der Waals surface area contributed by atoms with Gasteiger partial charge in [0.1, 0.15) is 5.82 Å². The van der Waals surface area contributed by atoms with E-state index in [0.29, 0.717) is 5.95 Å². The SMILES string of the molecule is CCNc1ncc(C)c(N(C)Cc2ccc(Cl)s2)n1. The van der Waals surface area contributed by atoms with Gasteiger partial charge < -0.3 is 10.2 Å². The molecule has 0 amide bonds. The normalized spacial score (nSPS) is 10.5. The van der Waals surface area contributed by atoms with Crippen molar-refractivity contribution in [2.75, 3.05) is 23.8 Å². The Labute approximate surface area is 122 Å². The predicted molar refractivity (Wildman–Crippen MR) is 82.4 cm³/mol. The van der Waals surface area contributed by atoms with E-state index in [1.807, 2.05) is 39.2 Å². The van der Waals surface area contributed by atoms with Crippen LogP contribution in [0.4, 0.5) is 11.8 Å². The lowest BCUT2D eigenvalue weighted by molar-refractivity contribution is 0.893. The van der Waals surface area contributed by atoms with Gasteiger partial charge in [-0.05, 0) is 26.0 Å². The Morgan fingerprint density at radius 2 is 2.21 bits per heavy atom. The van der Waals surface area contributed by atoms with E-state index in [2.05, 4.69) is 20.2 Å². The molecular weight excluding hydrogens is 280 g/mol. The van der Waals surface area contributed by atoms with Crippen LogP contribution in [0, 0.1) is 6.92 Å². The Bertz CT molecular complexity index is 555. The lowest BCUT2D eigenvalue weighted by Crippen LogP contribution is -2.19. The average Bonchev–Trinajstić information content (AvgIpc) is 2.77. The molecule has 0 saturated carbocycles. The van der Waals surface area contributed by atoms with Crippen LogP contribution in [0.3, 0.4) is 0 Å². The van der Waals surface area contributed by atoms with Crippen molar-refractivity contribution < 1.29 is 0 Å². The molecule has 0 fully saturated rings. The zero-order chi connectivity index (χ0) is 13.8. The molecule has 0 unspecified atom stereocenters. The Kier molecular flexibility index (Phi) is 4.61. The summed E-state index contributed by atoms with van der Waals surface area (Å²) in [6, 6.07) is 3.97. The molecule has 0 aliphatic heterocycles. The maximum absolute atomic E-state index is 5.95. The number of aryl methyl sites for hydroxylation is 1. The molecule has 0 atom stereocenters. The van der Waals surface area contributed by atoms with Gasteiger partial charge in [-0.25, -0.2) is 4.98 Å². The van der Waals surface area contributed by atoms with Crippen LogP contribution < -0.4 is 10.2 Å². The van der Waals surface area contributed by atoms with Gasteiger partial charge in [-0.15, -0.1) is 11.3 Å². The molecule has 6 heteroatoms. The molecule has 0 saturated heterocycles. The monoisotopic (exact) mass is 296 g/mol. The number of anilines is 2. The fraction of sp³-hybridized carbons (Fsp3) is 0.385. The second-order valence-electron chi connectivity index (χ2n) is 4.29. The number of aromatic nitrogens is 2. The van der Waals surface area contributed by atoms with Gasteiger partial charge in [0.25, 0.3) is 0 Å². The maximum Gasteiger partial charge on any atom is 0.224 e. The van der Waals surface area contributed by atoms with Crippen molar-refractivity contribution in [3.05, 3.63) is 33.1 Å². The third-order valence-electron chi connectivity index (χ3n) is 2.66. The third-order valence-corrected chi connectivity index (χ3v) is 3.88. The highest BCUT2D eigenvalue weighted by atomic mass is 35.5. The van der Waals surface area contributed by atoms with Crippen molar-refractivity contribution in [1.82, 2.24) is 9.97 Å². The molecule has 0 aliphatic carbocycles. The summed E-state index contributed by atoms with van der Waals surface area (Å²) in [6.07, 6.45) is 1.85. The number of hydrogen-bond donors (Lipinski definition) is 1. The van der Waals surface area contributed by atoms with Crippen LogP contribution in [0.25, 0.3) is 0 Å². The summed E-state index contributed by atoms with van der Waals surface area (Å²) in [5.74, 6) is 1.61. The first-order chi connectivity index (χ1) is 9.10. The second-order valence-corrected chi connectivity index (χ2v) is 6.09. The average molecular weight is 297 g/mol. The predicted octanol–water partition coefficient (Wildman–Crippen LogP) is 3.57. The van der Waals surface area contributed by atoms with Crippen molar-refractivity contribution in [3.8, 4) is 0 Å². The van der Waals surface area contributed by atoms with E-state index in [0.717, 1.165) is 28.8 Å². The van der Waals surface area contributed by atoms with E-state index in [4.69, 9.17) is 11.6 Å². The van der Waals surface area contributed by atoms with E-state index >= 15 is 0 Å². The largest absolute Gasteiger partial charge is 0.354 e. The van der Waals surface area contributed by atoms with Crippen LogP contribution in [-0.4, -0.2) is 23.6 Å². The van der Waals surface area contributed by atoms with E-state index in [1.54, 1.807) is 11.3 Å². The highest BCUT2D eigenvalue weighted by Gasteiger charge is 2.10. The summed E-state index contributed by atoms with van der Waals surface area (Å²) in [6.45, 7) is 5.65. The van der Waals surface area contributed by atoms with Gasteiger partial charge in [0.05, 0.1) is 10.9 Å². The second kappa shape index (κ2) is 6.21. The van der Waals surface area contributed by atoms with Crippen LogP contribution in [-0.2, 0) is 6.54 Å². The standard InChI is InChI=1S/C13H17ClN4S/c1-4-15-13-16-7-9(2)12(17-13)18(3)8-10-5-6-11(14)19-10/h5-7H,4,8H2,1-3H3,(H,15,16,17). The molecular formula is C13H17ClN4S. The zero-order valence-corrected chi connectivity index (χ0v) is 12.8. The molecule has 0 spiro atoms. The van der Waals surface area contributed by atoms with E-state index in [1.165, 1.54) is 4.88 Å². The van der Waals surface area contributed by atoms with Crippen molar-refractivity contribution in [1.29, 1.82) is 0 Å². The molecule has 4 nitrogen and oxygen atoms in total. The van der Waals surface area contributed by atoms with Gasteiger partial charge in [-0.1, -0.05) is 11.6 Å². The van der Waals surface area contributed by atoms with Gasteiger partial charge in [-0.2, -0.15) is 4.98 Å². The molecule has 0 aromatic carbocycles. The first kappa shape index (κ1) is 14.1. The quantitative estimate of drug-likeness (QED) is 0.916. The Morgan fingerprint density at radius 3 is 2.84 bits per heavy atom. The maximum atomic E-state index is 5.95. The number of halogens is 1. The van der Waals surface area contributed by atoms with Crippen LogP contribution in [0.2, 0.25) is 4.34 Å². The molecule has 0 bridgehead atoms. The fourth-order valence-corrected chi connectivity index (χ4v) is 2.95. The Balaban J connectivity index is 2.17. The smallest absolute Gasteiger partial charge is 0.224 e. The molecule has 2 rings (SSSR count). The number of nitrogens with zero attached hydrogens (tertiary/aromatic N) is 3. The van der Waals surface area contributed by atoms with Gasteiger partial charge in [0.15, 0.2) is 0 Å². The highest BCUT2D eigenvalue weighted by molar-refractivity contribution is 7.16. The summed E-state index contributed by atoms with van der Waals surface area (Å²) >= 11 is 7.55. The van der Waals surface area contributed by atoms with Gasteiger partial charge in [0, 0.05) is 30.2 Å². The van der Waals surface area contributed by atoms with Crippen LogP contribution in [0.5, 0.6) is 0 Å². The number of hydrogen-bond acceptors (Lipinski definition) is 5. The highest BCUT2D eigenvalue weighted by Crippen LogP contribution is 2.25. The minimum absolute atomic E-state index is 0.666. The third kappa shape index (κ3) is 3.58. The summed E-state index contributed by atoms with van der Waals surface area (Å²) in [4.78, 5) is 12.1. The Morgan fingerprint density at radius 1 is 1.42 bits per heavy atom. The van der Waals surface area contributed by atoms with E-state index < -0.39 is 0 Å². The fourth-order valence-electron chi connectivity index (χ4n) is 1.81. The lowest BCUT2D eigenvalue weighted by Gasteiger charge is -2.19. The zero-order valence-electron chi connectivity index (χ0n) is 11.3. The first-order valence-corrected chi connectivity index (χ1v) is 7.32. The molecule has 0 aliphatic rings. The van der Waals surface area contributed by atoms with Gasteiger partial charge in [0.2, 0.25) is 5.95 Å². The lowest BCUT2D eigenvalue weighted by atomic mass is 10.3. The van der Waals surface area contributed by atoms with Crippen molar-refractivity contribution >= 4 is 34.7 Å². The van der Waals surface area contributed by atoms with Crippen molar-refractivity contribution in [2.24, 2.45) is 0 Å². The van der Waals surface area contributed by atoms with Crippen LogP contribution in [0.15, 0.2) is 18.3 Å². The topological polar surface area (TPSA) is 41.1 Å². The number of nitrogens with one attached hydrogen (secondary N) is 1. The summed E-state index contributed by atoms with van der Waals surface area (Å²) in [5.41, 5.74) is 1.06. The van der Waals surface area contributed by atoms with Crippen molar-refractivity contribution in [3.63, 3.8) is 0 Å². The molecule has 2 aromatic heterocycles. The molecule has 102 valence electrons. The van der Waals surface area contributed by atoms with Gasteiger partial charge in [-0.3, -0.25) is 0 Å². The molecule has 1 N–H and O–H groups in total. The van der Waals surface area contributed by atoms with E-state index in [-0.39, 0.29) is 0 Å². The minimum atomic E-state index is 0.666.